The largest absolute Gasteiger partial charge is 0.496 e. The molecule has 0 saturated carbocycles. The zero-order valence-corrected chi connectivity index (χ0v) is 13.9. The lowest BCUT2D eigenvalue weighted by molar-refractivity contribution is 0.213. The van der Waals surface area contributed by atoms with Gasteiger partial charge in [-0.1, -0.05) is 48.0 Å². The van der Waals surface area contributed by atoms with Crippen LogP contribution in [-0.2, 0) is 6.54 Å². The van der Waals surface area contributed by atoms with E-state index < -0.39 is 0 Å². The molecule has 0 unspecified atom stereocenters. The maximum absolute atomic E-state index is 9.85. The van der Waals surface area contributed by atoms with Crippen molar-refractivity contribution in [3.63, 3.8) is 0 Å². The smallest absolute Gasteiger partial charge is 0.122 e. The molecule has 0 amide bonds. The molecule has 3 rings (SSSR count). The van der Waals surface area contributed by atoms with Crippen LogP contribution in [-0.4, -0.2) is 36.8 Å². The van der Waals surface area contributed by atoms with Crippen LogP contribution in [0.1, 0.15) is 22.6 Å². The van der Waals surface area contributed by atoms with E-state index in [2.05, 4.69) is 48.2 Å². The lowest BCUT2D eigenvalue weighted by Gasteiger charge is -2.20. The molecule has 0 aliphatic carbocycles. The summed E-state index contributed by atoms with van der Waals surface area (Å²) in [6.07, 6.45) is 0. The fourth-order valence-electron chi connectivity index (χ4n) is 3.61. The molecule has 1 fully saturated rings. The Morgan fingerprint density at radius 2 is 1.91 bits per heavy atom. The molecule has 0 spiro atoms. The first-order valence-electron chi connectivity index (χ1n) is 8.23. The first-order valence-corrected chi connectivity index (χ1v) is 8.23. The van der Waals surface area contributed by atoms with Crippen LogP contribution in [0.15, 0.2) is 48.5 Å². The Morgan fingerprint density at radius 1 is 1.13 bits per heavy atom. The van der Waals surface area contributed by atoms with E-state index in [9.17, 15) is 5.11 Å². The minimum Gasteiger partial charge on any atom is -0.496 e. The number of methoxy groups -OCH3 is 1. The number of benzene rings is 2. The zero-order chi connectivity index (χ0) is 16.2. The summed E-state index contributed by atoms with van der Waals surface area (Å²) in [6, 6.07) is 16.9. The lowest BCUT2D eigenvalue weighted by Crippen LogP contribution is -2.20. The van der Waals surface area contributed by atoms with Crippen LogP contribution < -0.4 is 4.74 Å². The van der Waals surface area contributed by atoms with E-state index in [1.165, 1.54) is 16.7 Å². The van der Waals surface area contributed by atoms with Gasteiger partial charge in [0, 0.05) is 38.1 Å². The Kier molecular flexibility index (Phi) is 4.99. The van der Waals surface area contributed by atoms with Crippen molar-refractivity contribution in [2.75, 3.05) is 26.8 Å². The molecular formula is C20H25NO2. The minimum atomic E-state index is 0.215. The Bertz CT molecular complexity index is 641. The summed E-state index contributed by atoms with van der Waals surface area (Å²) in [5, 5.41) is 9.85. The lowest BCUT2D eigenvalue weighted by atomic mass is 9.88. The predicted octanol–water partition coefficient (Wildman–Crippen LogP) is 3.21. The number of likely N-dealkylation sites (tertiary alicyclic amines) is 1. The summed E-state index contributed by atoms with van der Waals surface area (Å²) in [7, 11) is 1.72. The first kappa shape index (κ1) is 16.0. The molecular weight excluding hydrogens is 286 g/mol. The van der Waals surface area contributed by atoms with Gasteiger partial charge in [-0.15, -0.1) is 0 Å². The third kappa shape index (κ3) is 3.57. The van der Waals surface area contributed by atoms with Gasteiger partial charge in [0.1, 0.15) is 5.75 Å². The van der Waals surface area contributed by atoms with Gasteiger partial charge >= 0.3 is 0 Å². The van der Waals surface area contributed by atoms with Gasteiger partial charge in [-0.25, -0.2) is 0 Å². The Hall–Kier alpha value is -1.84. The molecule has 2 atom stereocenters. The van der Waals surface area contributed by atoms with Gasteiger partial charge in [0.2, 0.25) is 0 Å². The molecule has 0 bridgehead atoms. The van der Waals surface area contributed by atoms with Gasteiger partial charge in [-0.05, 0) is 24.1 Å². The summed E-state index contributed by atoms with van der Waals surface area (Å²) >= 11 is 0. The SMILES string of the molecule is COc1ccc(C)cc1[C@@H]1CN(Cc2ccccc2)C[C@@H]1CO. The van der Waals surface area contributed by atoms with Crippen molar-refractivity contribution in [3.05, 3.63) is 65.2 Å². The van der Waals surface area contributed by atoms with Gasteiger partial charge in [0.25, 0.3) is 0 Å². The monoisotopic (exact) mass is 311 g/mol. The number of rotatable bonds is 5. The van der Waals surface area contributed by atoms with Crippen LogP contribution >= 0.6 is 0 Å². The second-order valence-electron chi connectivity index (χ2n) is 6.47. The fraction of sp³-hybridized carbons (Fsp3) is 0.400. The second-order valence-corrected chi connectivity index (χ2v) is 6.47. The molecule has 1 aliphatic heterocycles. The summed E-state index contributed by atoms with van der Waals surface area (Å²) in [5.74, 6) is 1.51. The van der Waals surface area contributed by atoms with Crippen molar-refractivity contribution in [1.82, 2.24) is 4.90 Å². The molecule has 3 heteroatoms. The van der Waals surface area contributed by atoms with E-state index in [0.29, 0.717) is 5.92 Å². The molecule has 3 nitrogen and oxygen atoms in total. The molecule has 1 N–H and O–H groups in total. The normalized spacial score (nSPS) is 21.5. The predicted molar refractivity (Wildman–Crippen MR) is 92.8 cm³/mol. The number of hydrogen-bond donors (Lipinski definition) is 1. The highest BCUT2D eigenvalue weighted by Gasteiger charge is 2.34. The molecule has 0 aromatic heterocycles. The van der Waals surface area contributed by atoms with Crippen LogP contribution in [0.2, 0.25) is 0 Å². The van der Waals surface area contributed by atoms with Crippen molar-refractivity contribution < 1.29 is 9.84 Å². The Labute approximate surface area is 138 Å². The summed E-state index contributed by atoms with van der Waals surface area (Å²) < 4.78 is 5.56. The number of aliphatic hydroxyl groups is 1. The molecule has 0 radical (unpaired) electrons. The highest BCUT2D eigenvalue weighted by Crippen LogP contribution is 2.38. The fourth-order valence-corrected chi connectivity index (χ4v) is 3.61. The number of hydrogen-bond acceptors (Lipinski definition) is 3. The van der Waals surface area contributed by atoms with Crippen molar-refractivity contribution in [1.29, 1.82) is 0 Å². The van der Waals surface area contributed by atoms with Crippen LogP contribution in [0.3, 0.4) is 0 Å². The number of aliphatic hydroxyl groups excluding tert-OH is 1. The molecule has 2 aromatic rings. The Morgan fingerprint density at radius 3 is 2.61 bits per heavy atom. The van der Waals surface area contributed by atoms with Crippen LogP contribution in [0.25, 0.3) is 0 Å². The zero-order valence-electron chi connectivity index (χ0n) is 13.9. The van der Waals surface area contributed by atoms with E-state index in [-0.39, 0.29) is 12.5 Å². The maximum Gasteiger partial charge on any atom is 0.122 e. The summed E-state index contributed by atoms with van der Waals surface area (Å²) in [5.41, 5.74) is 3.78. The average Bonchev–Trinajstić information content (AvgIpc) is 2.98. The van der Waals surface area contributed by atoms with E-state index in [4.69, 9.17) is 4.74 Å². The van der Waals surface area contributed by atoms with Crippen molar-refractivity contribution in [3.8, 4) is 5.75 Å². The molecule has 23 heavy (non-hydrogen) atoms. The van der Waals surface area contributed by atoms with Gasteiger partial charge in [0.05, 0.1) is 7.11 Å². The van der Waals surface area contributed by atoms with E-state index in [1.807, 2.05) is 12.1 Å². The highest BCUT2D eigenvalue weighted by atomic mass is 16.5. The van der Waals surface area contributed by atoms with Gasteiger partial charge < -0.3 is 9.84 Å². The van der Waals surface area contributed by atoms with E-state index >= 15 is 0 Å². The minimum absolute atomic E-state index is 0.215. The van der Waals surface area contributed by atoms with Crippen LogP contribution in [0, 0.1) is 12.8 Å². The van der Waals surface area contributed by atoms with Crippen LogP contribution in [0.4, 0.5) is 0 Å². The third-order valence-corrected chi connectivity index (χ3v) is 4.78. The van der Waals surface area contributed by atoms with Gasteiger partial charge in [0.15, 0.2) is 0 Å². The number of ether oxygens (including phenoxy) is 1. The summed E-state index contributed by atoms with van der Waals surface area (Å²) in [6.45, 7) is 5.13. The third-order valence-electron chi connectivity index (χ3n) is 4.78. The molecule has 2 aromatic carbocycles. The van der Waals surface area contributed by atoms with E-state index in [0.717, 1.165) is 25.4 Å². The molecule has 1 aliphatic rings. The van der Waals surface area contributed by atoms with Crippen molar-refractivity contribution in [2.45, 2.75) is 19.4 Å². The van der Waals surface area contributed by atoms with Gasteiger partial charge in [-0.3, -0.25) is 4.90 Å². The molecule has 1 saturated heterocycles. The Balaban J connectivity index is 1.81. The topological polar surface area (TPSA) is 32.7 Å². The van der Waals surface area contributed by atoms with Crippen molar-refractivity contribution >= 4 is 0 Å². The van der Waals surface area contributed by atoms with Gasteiger partial charge in [-0.2, -0.15) is 0 Å². The second kappa shape index (κ2) is 7.16. The number of nitrogens with zero attached hydrogens (tertiary/aromatic N) is 1. The number of aryl methyl sites for hydroxylation is 1. The van der Waals surface area contributed by atoms with Crippen molar-refractivity contribution in [2.24, 2.45) is 5.92 Å². The standard InChI is InChI=1S/C20H25NO2/c1-15-8-9-20(23-2)18(10-15)19-13-21(12-17(19)14-22)11-16-6-4-3-5-7-16/h3-10,17,19,22H,11-14H2,1-2H3/t17-,19-/m1/s1. The van der Waals surface area contributed by atoms with Crippen LogP contribution in [0.5, 0.6) is 5.75 Å². The molecule has 122 valence electrons. The van der Waals surface area contributed by atoms with E-state index in [1.54, 1.807) is 7.11 Å². The molecule has 1 heterocycles. The average molecular weight is 311 g/mol. The quantitative estimate of drug-likeness (QED) is 0.920. The highest BCUT2D eigenvalue weighted by molar-refractivity contribution is 5.40. The summed E-state index contributed by atoms with van der Waals surface area (Å²) in [4.78, 5) is 2.43. The first-order chi connectivity index (χ1) is 11.2. The maximum atomic E-state index is 9.85.